The number of piperidine rings is 1. The topological polar surface area (TPSA) is 118 Å². The summed E-state index contributed by atoms with van der Waals surface area (Å²) in [5, 5.41) is 19.9. The first-order chi connectivity index (χ1) is 20.7. The predicted octanol–water partition coefficient (Wildman–Crippen LogP) is 1.78. The smallest absolute Gasteiger partial charge is 0.264 e. The number of hydrogen-bond acceptors (Lipinski definition) is 8. The lowest BCUT2D eigenvalue weighted by atomic mass is 9.91. The van der Waals surface area contributed by atoms with E-state index in [4.69, 9.17) is 0 Å². The monoisotopic (exact) mass is 595 g/mol. The average Bonchev–Trinajstić information content (AvgIpc) is 3.69. The van der Waals surface area contributed by atoms with Gasteiger partial charge in [-0.1, -0.05) is 0 Å². The molecule has 0 saturated carbocycles. The summed E-state index contributed by atoms with van der Waals surface area (Å²) >= 11 is 0. The van der Waals surface area contributed by atoms with Gasteiger partial charge in [-0.3, -0.25) is 18.8 Å². The summed E-state index contributed by atoms with van der Waals surface area (Å²) in [5.74, 6) is -0.424. The van der Waals surface area contributed by atoms with Crippen molar-refractivity contribution in [2.75, 3.05) is 51.2 Å². The molecule has 1 N–H and O–H groups in total. The largest absolute Gasteiger partial charge is 0.388 e. The Labute approximate surface area is 246 Å². The number of anilines is 1. The molecule has 43 heavy (non-hydrogen) atoms. The molecule has 2 aliphatic heterocycles. The van der Waals surface area contributed by atoms with Gasteiger partial charge in [0.1, 0.15) is 17.8 Å². The van der Waals surface area contributed by atoms with Gasteiger partial charge in [0.2, 0.25) is 5.91 Å². The number of carbonyl (C=O) groups is 1. The average molecular weight is 596 g/mol. The minimum atomic E-state index is -2.74. The molecule has 0 radical (unpaired) electrons. The Morgan fingerprint density at radius 3 is 2.37 bits per heavy atom. The lowest BCUT2D eigenvalue weighted by Gasteiger charge is -2.38. The molecule has 0 bridgehead atoms. The zero-order valence-corrected chi connectivity index (χ0v) is 24.0. The predicted molar refractivity (Wildman–Crippen MR) is 155 cm³/mol. The molecule has 1 amide bonds. The molecule has 0 spiro atoms. The summed E-state index contributed by atoms with van der Waals surface area (Å²) < 4.78 is 31.3. The van der Waals surface area contributed by atoms with E-state index in [1.54, 1.807) is 4.68 Å². The number of aliphatic hydroxyl groups is 1. The highest BCUT2D eigenvalue weighted by Gasteiger charge is 2.36. The molecular formula is C29H35F2N9O3. The van der Waals surface area contributed by atoms with Crippen molar-refractivity contribution in [2.24, 2.45) is 0 Å². The number of aromatic nitrogens is 6. The standard InChI is InChI=1S/C29H35F2N9O3/c1-35-13-15-36(16-14-35)21-3-5-22(6-4-21)40-27-23(18-34-40)28(42)38(20-32-27)19-29(43)7-11-37(12-8-29)25(41)17-24(26(30)31)39-10-2-9-33-39/h2-6,9-10,18,20,24,26,43H,7-8,11-17,19H2,1H3/t24-/m1/s1. The Morgan fingerprint density at radius 1 is 1.02 bits per heavy atom. The highest BCUT2D eigenvalue weighted by Crippen LogP contribution is 2.27. The van der Waals surface area contributed by atoms with E-state index in [9.17, 15) is 23.5 Å². The minimum Gasteiger partial charge on any atom is -0.388 e. The number of alkyl halides is 2. The van der Waals surface area contributed by atoms with E-state index in [2.05, 4.69) is 32.0 Å². The first-order valence-electron chi connectivity index (χ1n) is 14.5. The summed E-state index contributed by atoms with van der Waals surface area (Å²) in [4.78, 5) is 36.8. The molecule has 0 unspecified atom stereocenters. The molecular weight excluding hydrogens is 560 g/mol. The zero-order valence-electron chi connectivity index (χ0n) is 24.0. The van der Waals surface area contributed by atoms with Crippen LogP contribution in [0.3, 0.4) is 0 Å². The molecule has 1 atom stereocenters. The SMILES string of the molecule is CN1CCN(c2ccc(-n3ncc4c(=O)n(CC5(O)CCN(C(=O)C[C@H](C(F)F)n6cccn6)CC5)cnc43)cc2)CC1. The summed E-state index contributed by atoms with van der Waals surface area (Å²) in [7, 11) is 2.12. The number of rotatable bonds is 8. The van der Waals surface area contributed by atoms with Gasteiger partial charge in [-0.25, -0.2) is 18.4 Å². The van der Waals surface area contributed by atoms with Gasteiger partial charge >= 0.3 is 0 Å². The normalized spacial score (nSPS) is 18.4. The minimum absolute atomic E-state index is 0.00531. The molecule has 6 rings (SSSR count). The maximum atomic E-state index is 13.6. The first kappa shape index (κ1) is 28.9. The quantitative estimate of drug-likeness (QED) is 0.328. The van der Waals surface area contributed by atoms with Crippen LogP contribution in [-0.2, 0) is 11.3 Å². The maximum absolute atomic E-state index is 13.6. The second-order valence-electron chi connectivity index (χ2n) is 11.5. The van der Waals surface area contributed by atoms with Crippen molar-refractivity contribution in [3.05, 3.63) is 65.6 Å². The van der Waals surface area contributed by atoms with Crippen LogP contribution >= 0.6 is 0 Å². The van der Waals surface area contributed by atoms with Gasteiger partial charge in [0.25, 0.3) is 12.0 Å². The van der Waals surface area contributed by atoms with Gasteiger partial charge in [0, 0.05) is 57.3 Å². The van der Waals surface area contributed by atoms with E-state index in [0.29, 0.717) is 11.0 Å². The number of fused-ring (bicyclic) bond motifs is 1. The molecule has 14 heteroatoms. The van der Waals surface area contributed by atoms with Crippen LogP contribution in [0.25, 0.3) is 16.7 Å². The molecule has 12 nitrogen and oxygen atoms in total. The maximum Gasteiger partial charge on any atom is 0.264 e. The fourth-order valence-electron chi connectivity index (χ4n) is 5.85. The number of likely N-dealkylation sites (tertiary alicyclic amines) is 1. The van der Waals surface area contributed by atoms with Gasteiger partial charge in [-0.15, -0.1) is 0 Å². The summed E-state index contributed by atoms with van der Waals surface area (Å²) in [6.45, 7) is 4.34. The molecule has 0 aliphatic carbocycles. The van der Waals surface area contributed by atoms with Crippen molar-refractivity contribution >= 4 is 22.6 Å². The third-order valence-electron chi connectivity index (χ3n) is 8.57. The van der Waals surface area contributed by atoms with Crippen LogP contribution in [0.1, 0.15) is 25.3 Å². The van der Waals surface area contributed by atoms with E-state index in [-0.39, 0.29) is 44.5 Å². The number of hydrogen-bond donors (Lipinski definition) is 1. The Balaban J connectivity index is 1.10. The Morgan fingerprint density at radius 2 is 1.72 bits per heavy atom. The molecule has 5 heterocycles. The van der Waals surface area contributed by atoms with Crippen molar-refractivity contribution in [1.29, 1.82) is 0 Å². The van der Waals surface area contributed by atoms with Crippen LogP contribution in [0.4, 0.5) is 14.5 Å². The number of likely N-dealkylation sites (N-methyl/N-ethyl adjacent to an activating group) is 1. The molecule has 4 aromatic rings. The van der Waals surface area contributed by atoms with Crippen LogP contribution in [0.2, 0.25) is 0 Å². The molecule has 2 saturated heterocycles. The molecule has 2 aliphatic rings. The van der Waals surface area contributed by atoms with Gasteiger partial charge < -0.3 is 19.8 Å². The highest BCUT2D eigenvalue weighted by molar-refractivity contribution is 5.77. The fourth-order valence-corrected chi connectivity index (χ4v) is 5.85. The number of benzene rings is 1. The van der Waals surface area contributed by atoms with Gasteiger partial charge in [-0.05, 0) is 50.2 Å². The van der Waals surface area contributed by atoms with E-state index >= 15 is 0 Å². The number of amides is 1. The third kappa shape index (κ3) is 6.02. The summed E-state index contributed by atoms with van der Waals surface area (Å²) in [6, 6.07) is 8.20. The fraction of sp³-hybridized carbons (Fsp3) is 0.483. The summed E-state index contributed by atoms with van der Waals surface area (Å²) in [6.07, 6.45) is 2.97. The van der Waals surface area contributed by atoms with Crippen molar-refractivity contribution in [1.82, 2.24) is 38.9 Å². The molecule has 1 aromatic carbocycles. The van der Waals surface area contributed by atoms with Crippen LogP contribution < -0.4 is 10.5 Å². The summed E-state index contributed by atoms with van der Waals surface area (Å²) in [5.41, 5.74) is 0.768. The van der Waals surface area contributed by atoms with Gasteiger partial charge in [-0.2, -0.15) is 10.2 Å². The number of nitrogens with zero attached hydrogens (tertiary/aromatic N) is 9. The van der Waals surface area contributed by atoms with Crippen LogP contribution in [0.5, 0.6) is 0 Å². The Kier molecular flexibility index (Phi) is 7.97. The Hall–Kier alpha value is -4.17. The molecule has 2 fully saturated rings. The lowest BCUT2D eigenvalue weighted by molar-refractivity contribution is -0.138. The van der Waals surface area contributed by atoms with Gasteiger partial charge in [0.15, 0.2) is 5.65 Å². The van der Waals surface area contributed by atoms with Crippen LogP contribution in [0.15, 0.2) is 60.0 Å². The second kappa shape index (κ2) is 11.8. The van der Waals surface area contributed by atoms with Crippen molar-refractivity contribution in [3.63, 3.8) is 0 Å². The zero-order chi connectivity index (χ0) is 30.1. The van der Waals surface area contributed by atoms with Crippen molar-refractivity contribution in [3.8, 4) is 5.69 Å². The Bertz CT molecular complexity index is 1600. The number of piperazine rings is 1. The van der Waals surface area contributed by atoms with E-state index in [1.165, 1.54) is 40.5 Å². The van der Waals surface area contributed by atoms with E-state index in [0.717, 1.165) is 42.2 Å². The second-order valence-corrected chi connectivity index (χ2v) is 11.5. The van der Waals surface area contributed by atoms with Crippen LogP contribution in [-0.4, -0.2) is 108 Å². The van der Waals surface area contributed by atoms with E-state index in [1.807, 2.05) is 24.3 Å². The number of carbonyl (C=O) groups excluding carboxylic acids is 1. The third-order valence-corrected chi connectivity index (χ3v) is 8.57. The van der Waals surface area contributed by atoms with E-state index < -0.39 is 24.0 Å². The number of halogens is 2. The van der Waals surface area contributed by atoms with Crippen molar-refractivity contribution in [2.45, 2.75) is 43.9 Å². The van der Waals surface area contributed by atoms with Crippen LogP contribution in [0, 0.1) is 0 Å². The van der Waals surface area contributed by atoms with Gasteiger partial charge in [0.05, 0.1) is 30.5 Å². The van der Waals surface area contributed by atoms with Crippen molar-refractivity contribution < 1.29 is 18.7 Å². The highest BCUT2D eigenvalue weighted by atomic mass is 19.3. The lowest BCUT2D eigenvalue weighted by Crippen LogP contribution is -2.50. The first-order valence-corrected chi connectivity index (χ1v) is 14.5. The molecule has 228 valence electrons. The molecule has 3 aromatic heterocycles.